The van der Waals surface area contributed by atoms with Gasteiger partial charge in [-0.05, 0) is 11.8 Å². The highest BCUT2D eigenvalue weighted by molar-refractivity contribution is 7.59. The first kappa shape index (κ1) is 7.46. The Hall–Kier alpha value is 0.350. The maximum absolute atomic E-state index is 1.56. The van der Waals surface area contributed by atoms with Crippen molar-refractivity contribution >= 4 is 13.5 Å². The Labute approximate surface area is 64.5 Å². The number of hydrogen-bond acceptors (Lipinski definition) is 0. The van der Waals surface area contributed by atoms with Crippen LogP contribution in [0.2, 0.25) is 0 Å². The summed E-state index contributed by atoms with van der Waals surface area (Å²) in [5.41, 5.74) is 0. The van der Waals surface area contributed by atoms with Gasteiger partial charge in [-0.1, -0.05) is 38.5 Å². The molecule has 2 aliphatic carbocycles. The maximum Gasteiger partial charge on any atom is -0.0386 e. The number of fused-ring (bicyclic) bond motifs is 1. The van der Waals surface area contributed by atoms with Crippen molar-refractivity contribution in [3.8, 4) is 0 Å². The van der Waals surface area contributed by atoms with Gasteiger partial charge in [0.25, 0.3) is 0 Å². The molecule has 2 saturated carbocycles. The Morgan fingerprint density at radius 3 is 1.33 bits per heavy atom. The first-order valence-electron chi connectivity index (χ1n) is 3.97. The predicted molar refractivity (Wildman–Crippen MR) is 45.1 cm³/mol. The van der Waals surface area contributed by atoms with Crippen molar-refractivity contribution in [1.29, 1.82) is 0 Å². The third-order valence-electron chi connectivity index (χ3n) is 2.97. The third-order valence-corrected chi connectivity index (χ3v) is 2.97. The van der Waals surface area contributed by atoms with Gasteiger partial charge in [-0.3, -0.25) is 0 Å². The highest BCUT2D eigenvalue weighted by Crippen LogP contribution is 2.43. The fraction of sp³-hybridized carbons (Fsp3) is 1.00. The second kappa shape index (κ2) is 2.96. The fourth-order valence-electron chi connectivity index (χ4n) is 2.52. The van der Waals surface area contributed by atoms with E-state index in [4.69, 9.17) is 0 Å². The van der Waals surface area contributed by atoms with Gasteiger partial charge in [-0.2, -0.15) is 13.5 Å². The van der Waals surface area contributed by atoms with Crippen LogP contribution in [0.25, 0.3) is 0 Å². The summed E-state index contributed by atoms with van der Waals surface area (Å²) in [6.07, 6.45) is 9.31. The van der Waals surface area contributed by atoms with Crippen LogP contribution >= 0.6 is 13.5 Å². The molecule has 54 valence electrons. The monoisotopic (exact) mass is 144 g/mol. The van der Waals surface area contributed by atoms with Crippen molar-refractivity contribution in [3.63, 3.8) is 0 Å². The van der Waals surface area contributed by atoms with E-state index < -0.39 is 0 Å². The van der Waals surface area contributed by atoms with Crippen molar-refractivity contribution in [3.05, 3.63) is 0 Å². The molecular formula is C8H16S. The van der Waals surface area contributed by atoms with Crippen LogP contribution in [-0.4, -0.2) is 0 Å². The van der Waals surface area contributed by atoms with E-state index in [1.54, 1.807) is 25.7 Å². The Morgan fingerprint density at radius 2 is 1.00 bits per heavy atom. The summed E-state index contributed by atoms with van der Waals surface area (Å²) in [6, 6.07) is 0. The second-order valence-electron chi connectivity index (χ2n) is 3.38. The third kappa shape index (κ3) is 1.26. The lowest BCUT2D eigenvalue weighted by molar-refractivity contribution is 0.457. The lowest BCUT2D eigenvalue weighted by Crippen LogP contribution is -1.95. The standard InChI is InChI=1S/C8H14.H2S/c1-3-7-5-2-6-8(7)4-1;/h7-8H,1-6H2;1H2. The molecule has 0 aromatic rings. The Bertz CT molecular complexity index is 70.6. The smallest absolute Gasteiger partial charge is 0.0386 e. The van der Waals surface area contributed by atoms with Crippen LogP contribution in [0.4, 0.5) is 0 Å². The van der Waals surface area contributed by atoms with E-state index in [1.165, 1.54) is 24.7 Å². The van der Waals surface area contributed by atoms with Crippen molar-refractivity contribution in [2.75, 3.05) is 0 Å². The zero-order valence-corrected chi connectivity index (χ0v) is 6.90. The zero-order chi connectivity index (χ0) is 5.40. The Morgan fingerprint density at radius 1 is 0.667 bits per heavy atom. The molecule has 0 aromatic heterocycles. The summed E-state index contributed by atoms with van der Waals surface area (Å²) in [5, 5.41) is 0. The van der Waals surface area contributed by atoms with E-state index in [-0.39, 0.29) is 13.5 Å². The van der Waals surface area contributed by atoms with E-state index >= 15 is 0 Å². The highest BCUT2D eigenvalue weighted by atomic mass is 32.1. The van der Waals surface area contributed by atoms with Crippen molar-refractivity contribution < 1.29 is 0 Å². The number of hydrogen-bond donors (Lipinski definition) is 0. The van der Waals surface area contributed by atoms with Gasteiger partial charge in [-0.25, -0.2) is 0 Å². The minimum Gasteiger partial charge on any atom is -0.197 e. The Balaban J connectivity index is 0.000000405. The molecule has 2 aliphatic rings. The predicted octanol–water partition coefficient (Wildman–Crippen LogP) is 2.70. The van der Waals surface area contributed by atoms with Gasteiger partial charge in [0.05, 0.1) is 0 Å². The van der Waals surface area contributed by atoms with E-state index in [9.17, 15) is 0 Å². The van der Waals surface area contributed by atoms with E-state index in [0.717, 1.165) is 0 Å². The van der Waals surface area contributed by atoms with Gasteiger partial charge >= 0.3 is 0 Å². The van der Waals surface area contributed by atoms with Gasteiger partial charge in [0, 0.05) is 0 Å². The molecule has 0 N–H and O–H groups in total. The lowest BCUT2D eigenvalue weighted by atomic mass is 10.0. The van der Waals surface area contributed by atoms with Gasteiger partial charge in [0.1, 0.15) is 0 Å². The summed E-state index contributed by atoms with van der Waals surface area (Å²) in [4.78, 5) is 0. The van der Waals surface area contributed by atoms with E-state index in [1.807, 2.05) is 0 Å². The first-order valence-corrected chi connectivity index (χ1v) is 3.97. The minimum absolute atomic E-state index is 0. The average Bonchev–Trinajstić information content (AvgIpc) is 2.15. The number of rotatable bonds is 0. The summed E-state index contributed by atoms with van der Waals surface area (Å²) < 4.78 is 0. The molecule has 0 radical (unpaired) electrons. The molecule has 0 spiro atoms. The molecule has 2 fully saturated rings. The van der Waals surface area contributed by atoms with Crippen molar-refractivity contribution in [1.82, 2.24) is 0 Å². The minimum atomic E-state index is 0. The first-order chi connectivity index (χ1) is 3.97. The van der Waals surface area contributed by atoms with E-state index in [2.05, 4.69) is 0 Å². The SMILES string of the molecule is C1CC2CCCC2C1.S. The quantitative estimate of drug-likeness (QED) is 0.490. The molecular weight excluding hydrogens is 128 g/mol. The van der Waals surface area contributed by atoms with E-state index in [0.29, 0.717) is 0 Å². The normalized spacial score (nSPS) is 40.0. The molecule has 0 saturated heterocycles. The summed E-state index contributed by atoms with van der Waals surface area (Å²) >= 11 is 0. The van der Waals surface area contributed by atoms with Gasteiger partial charge in [0.15, 0.2) is 0 Å². The fourth-order valence-corrected chi connectivity index (χ4v) is 2.52. The molecule has 1 heteroatoms. The van der Waals surface area contributed by atoms with Gasteiger partial charge in [0.2, 0.25) is 0 Å². The molecule has 0 bridgehead atoms. The summed E-state index contributed by atoms with van der Waals surface area (Å²) in [6.45, 7) is 0. The average molecular weight is 144 g/mol. The van der Waals surface area contributed by atoms with Crippen molar-refractivity contribution in [2.45, 2.75) is 38.5 Å². The molecule has 0 aromatic carbocycles. The lowest BCUT2D eigenvalue weighted by Gasteiger charge is -2.04. The molecule has 9 heavy (non-hydrogen) atoms. The molecule has 0 aliphatic heterocycles. The maximum atomic E-state index is 1.56. The molecule has 0 atom stereocenters. The van der Waals surface area contributed by atoms with Gasteiger partial charge in [-0.15, -0.1) is 0 Å². The molecule has 0 nitrogen and oxygen atoms in total. The molecule has 0 heterocycles. The summed E-state index contributed by atoms with van der Waals surface area (Å²) in [7, 11) is 0. The topological polar surface area (TPSA) is 0 Å². The van der Waals surface area contributed by atoms with Crippen LogP contribution in [0.15, 0.2) is 0 Å². The molecule has 0 unspecified atom stereocenters. The van der Waals surface area contributed by atoms with Gasteiger partial charge < -0.3 is 0 Å². The van der Waals surface area contributed by atoms with Crippen LogP contribution < -0.4 is 0 Å². The molecule has 0 amide bonds. The van der Waals surface area contributed by atoms with Crippen LogP contribution in [0.3, 0.4) is 0 Å². The largest absolute Gasteiger partial charge is 0.197 e. The highest BCUT2D eigenvalue weighted by Gasteiger charge is 2.30. The van der Waals surface area contributed by atoms with Crippen molar-refractivity contribution in [2.24, 2.45) is 11.8 Å². The van der Waals surface area contributed by atoms with Crippen LogP contribution in [0.5, 0.6) is 0 Å². The van der Waals surface area contributed by atoms with Crippen LogP contribution in [0.1, 0.15) is 38.5 Å². The summed E-state index contributed by atoms with van der Waals surface area (Å²) in [5.74, 6) is 2.35. The second-order valence-corrected chi connectivity index (χ2v) is 3.38. The zero-order valence-electron chi connectivity index (χ0n) is 5.90. The molecule has 2 rings (SSSR count). The van der Waals surface area contributed by atoms with Crippen LogP contribution in [0, 0.1) is 11.8 Å². The Kier molecular flexibility index (Phi) is 2.45. The van der Waals surface area contributed by atoms with Crippen LogP contribution in [-0.2, 0) is 0 Å².